The maximum Gasteiger partial charge on any atom is 0.0501 e. The smallest absolute Gasteiger partial charge is 0.0501 e. The quantitative estimate of drug-likeness (QED) is 0.870. The van der Waals surface area contributed by atoms with E-state index in [4.69, 9.17) is 5.73 Å². The Morgan fingerprint density at radius 3 is 2.72 bits per heavy atom. The Bertz CT molecular complexity index is 341. The lowest BCUT2D eigenvalue weighted by Gasteiger charge is -2.26. The molecule has 1 heterocycles. The maximum absolute atomic E-state index is 5.63. The van der Waals surface area contributed by atoms with Crippen LogP contribution in [-0.4, -0.2) is 30.0 Å². The highest BCUT2D eigenvalue weighted by Crippen LogP contribution is 2.24. The van der Waals surface area contributed by atoms with Crippen LogP contribution in [0.2, 0.25) is 0 Å². The zero-order chi connectivity index (χ0) is 12.8. The molecule has 18 heavy (non-hydrogen) atoms. The van der Waals surface area contributed by atoms with Crippen LogP contribution in [-0.2, 0) is 6.42 Å². The van der Waals surface area contributed by atoms with Gasteiger partial charge < -0.3 is 10.6 Å². The topological polar surface area (TPSA) is 42.1 Å². The molecule has 2 N–H and O–H groups in total. The predicted molar refractivity (Wildman–Crippen MR) is 76.4 cm³/mol. The van der Waals surface area contributed by atoms with Crippen LogP contribution in [0.4, 0.5) is 5.69 Å². The average molecular weight is 247 g/mol. The summed E-state index contributed by atoms with van der Waals surface area (Å²) in [6.07, 6.45) is 9.90. The van der Waals surface area contributed by atoms with E-state index in [1.54, 1.807) is 6.20 Å². The molecule has 0 radical (unpaired) electrons. The van der Waals surface area contributed by atoms with Crippen LogP contribution in [0, 0.1) is 5.92 Å². The molecule has 0 unspecified atom stereocenters. The SMILES string of the molecule is CN(CCc1ccc(N)cn1)CC1CCCCC1. The average Bonchev–Trinajstić information content (AvgIpc) is 2.39. The molecular formula is C15H25N3. The number of nitrogens with two attached hydrogens (primary N) is 1. The van der Waals surface area contributed by atoms with Crippen molar-refractivity contribution in [1.29, 1.82) is 0 Å². The Hall–Kier alpha value is -1.09. The third kappa shape index (κ3) is 4.30. The third-order valence-electron chi connectivity index (χ3n) is 3.89. The number of likely N-dealkylation sites (N-methyl/N-ethyl adjacent to an activating group) is 1. The fraction of sp³-hybridized carbons (Fsp3) is 0.667. The Morgan fingerprint density at radius 2 is 2.06 bits per heavy atom. The molecule has 0 aliphatic heterocycles. The summed E-state index contributed by atoms with van der Waals surface area (Å²) in [5, 5.41) is 0. The van der Waals surface area contributed by atoms with Gasteiger partial charge in [0.2, 0.25) is 0 Å². The number of nitrogens with zero attached hydrogens (tertiary/aromatic N) is 2. The monoisotopic (exact) mass is 247 g/mol. The molecule has 3 heteroatoms. The number of nitrogen functional groups attached to an aromatic ring is 1. The highest BCUT2D eigenvalue weighted by Gasteiger charge is 2.15. The van der Waals surface area contributed by atoms with Crippen LogP contribution < -0.4 is 5.73 Å². The van der Waals surface area contributed by atoms with Gasteiger partial charge in [-0.25, -0.2) is 0 Å². The number of anilines is 1. The highest BCUT2D eigenvalue weighted by molar-refractivity contribution is 5.34. The van der Waals surface area contributed by atoms with E-state index in [1.807, 2.05) is 12.1 Å². The molecule has 1 fully saturated rings. The molecular weight excluding hydrogens is 222 g/mol. The lowest BCUT2D eigenvalue weighted by molar-refractivity contribution is 0.235. The fourth-order valence-corrected chi connectivity index (χ4v) is 2.79. The largest absolute Gasteiger partial charge is 0.397 e. The number of aromatic nitrogens is 1. The first-order valence-electron chi connectivity index (χ1n) is 7.13. The van der Waals surface area contributed by atoms with Gasteiger partial charge in [-0.05, 0) is 37.9 Å². The van der Waals surface area contributed by atoms with Crippen molar-refractivity contribution in [2.45, 2.75) is 38.5 Å². The van der Waals surface area contributed by atoms with Gasteiger partial charge in [-0.1, -0.05) is 19.3 Å². The molecule has 1 saturated carbocycles. The zero-order valence-electron chi connectivity index (χ0n) is 11.4. The molecule has 0 amide bonds. The second-order valence-corrected chi connectivity index (χ2v) is 5.60. The predicted octanol–water partition coefficient (Wildman–Crippen LogP) is 2.72. The van der Waals surface area contributed by atoms with Crippen LogP contribution in [0.15, 0.2) is 18.3 Å². The van der Waals surface area contributed by atoms with E-state index >= 15 is 0 Å². The van der Waals surface area contributed by atoms with Crippen LogP contribution in [0.5, 0.6) is 0 Å². The maximum atomic E-state index is 5.63. The number of hydrogen-bond donors (Lipinski definition) is 1. The van der Waals surface area contributed by atoms with Crippen LogP contribution in [0.1, 0.15) is 37.8 Å². The first-order valence-corrected chi connectivity index (χ1v) is 7.13. The van der Waals surface area contributed by atoms with Gasteiger partial charge >= 0.3 is 0 Å². The molecule has 0 saturated heterocycles. The summed E-state index contributed by atoms with van der Waals surface area (Å²) in [6, 6.07) is 3.97. The van der Waals surface area contributed by atoms with Crippen molar-refractivity contribution in [2.24, 2.45) is 5.92 Å². The van der Waals surface area contributed by atoms with Gasteiger partial charge in [-0.2, -0.15) is 0 Å². The minimum Gasteiger partial charge on any atom is -0.397 e. The van der Waals surface area contributed by atoms with Gasteiger partial charge in [0.05, 0.1) is 11.9 Å². The highest BCUT2D eigenvalue weighted by atomic mass is 15.1. The van der Waals surface area contributed by atoms with E-state index in [0.29, 0.717) is 0 Å². The van der Waals surface area contributed by atoms with E-state index in [2.05, 4.69) is 16.9 Å². The summed E-state index contributed by atoms with van der Waals surface area (Å²) < 4.78 is 0. The molecule has 1 aromatic heterocycles. The summed E-state index contributed by atoms with van der Waals surface area (Å²) in [5.41, 5.74) is 7.52. The third-order valence-corrected chi connectivity index (χ3v) is 3.89. The second kappa shape index (κ2) is 6.74. The van der Waals surface area contributed by atoms with E-state index < -0.39 is 0 Å². The standard InChI is InChI=1S/C15H25N3/c1-18(12-13-5-3-2-4-6-13)10-9-15-8-7-14(16)11-17-15/h7-8,11,13H,2-6,9-10,12,16H2,1H3. The molecule has 1 aliphatic carbocycles. The van der Waals surface area contributed by atoms with E-state index in [1.165, 1.54) is 38.6 Å². The summed E-state index contributed by atoms with van der Waals surface area (Å²) in [5.74, 6) is 0.920. The summed E-state index contributed by atoms with van der Waals surface area (Å²) in [6.45, 7) is 2.34. The Kier molecular flexibility index (Phi) is 5.00. The lowest BCUT2D eigenvalue weighted by Crippen LogP contribution is -2.29. The van der Waals surface area contributed by atoms with Crippen LogP contribution in [0.3, 0.4) is 0 Å². The van der Waals surface area contributed by atoms with Crippen LogP contribution in [0.25, 0.3) is 0 Å². The molecule has 3 nitrogen and oxygen atoms in total. The van der Waals surface area contributed by atoms with E-state index in [0.717, 1.165) is 30.3 Å². The first kappa shape index (κ1) is 13.3. The lowest BCUT2D eigenvalue weighted by atomic mass is 9.89. The molecule has 1 aromatic rings. The van der Waals surface area contributed by atoms with Gasteiger partial charge in [-0.3, -0.25) is 4.98 Å². The van der Waals surface area contributed by atoms with Crippen molar-refractivity contribution in [3.63, 3.8) is 0 Å². The fourth-order valence-electron chi connectivity index (χ4n) is 2.79. The van der Waals surface area contributed by atoms with Crippen molar-refractivity contribution >= 4 is 5.69 Å². The summed E-state index contributed by atoms with van der Waals surface area (Å²) in [4.78, 5) is 6.80. The first-order chi connectivity index (χ1) is 8.74. The van der Waals surface area contributed by atoms with Gasteiger partial charge in [0, 0.05) is 25.2 Å². The Labute approximate surface area is 110 Å². The molecule has 0 bridgehead atoms. The summed E-state index contributed by atoms with van der Waals surface area (Å²) in [7, 11) is 2.23. The van der Waals surface area contributed by atoms with Crippen molar-refractivity contribution < 1.29 is 0 Å². The number of hydrogen-bond acceptors (Lipinski definition) is 3. The van der Waals surface area contributed by atoms with Crippen molar-refractivity contribution in [2.75, 3.05) is 25.9 Å². The molecule has 0 atom stereocenters. The van der Waals surface area contributed by atoms with E-state index in [9.17, 15) is 0 Å². The van der Waals surface area contributed by atoms with E-state index in [-0.39, 0.29) is 0 Å². The minimum absolute atomic E-state index is 0.745. The normalized spacial score (nSPS) is 17.2. The van der Waals surface area contributed by atoms with Gasteiger partial charge in [0.25, 0.3) is 0 Å². The van der Waals surface area contributed by atoms with Crippen molar-refractivity contribution in [3.05, 3.63) is 24.0 Å². The second-order valence-electron chi connectivity index (χ2n) is 5.60. The molecule has 0 spiro atoms. The molecule has 0 aromatic carbocycles. The molecule has 1 aliphatic rings. The van der Waals surface area contributed by atoms with Gasteiger partial charge in [0.15, 0.2) is 0 Å². The Morgan fingerprint density at radius 1 is 1.28 bits per heavy atom. The van der Waals surface area contributed by atoms with Crippen molar-refractivity contribution in [1.82, 2.24) is 9.88 Å². The summed E-state index contributed by atoms with van der Waals surface area (Å²) >= 11 is 0. The minimum atomic E-state index is 0.745. The number of rotatable bonds is 5. The van der Waals surface area contributed by atoms with Crippen molar-refractivity contribution in [3.8, 4) is 0 Å². The zero-order valence-corrected chi connectivity index (χ0v) is 11.4. The van der Waals surface area contributed by atoms with Gasteiger partial charge in [-0.15, -0.1) is 0 Å². The van der Waals surface area contributed by atoms with Crippen LogP contribution >= 0.6 is 0 Å². The Balaban J connectivity index is 1.70. The molecule has 2 rings (SSSR count). The number of pyridine rings is 1. The molecule has 100 valence electrons. The van der Waals surface area contributed by atoms with Gasteiger partial charge in [0.1, 0.15) is 0 Å².